The number of carbonyl (C=O) groups excluding carboxylic acids is 1. The zero-order valence-electron chi connectivity index (χ0n) is 14.3. The second kappa shape index (κ2) is 6.72. The van der Waals surface area contributed by atoms with Gasteiger partial charge in [0.2, 0.25) is 0 Å². The fourth-order valence-corrected chi connectivity index (χ4v) is 2.85. The molecule has 0 radical (unpaired) electrons. The summed E-state index contributed by atoms with van der Waals surface area (Å²) in [6.07, 6.45) is 0. The van der Waals surface area contributed by atoms with Crippen LogP contribution in [0.5, 0.6) is 0 Å². The number of H-pyrrole nitrogens is 1. The summed E-state index contributed by atoms with van der Waals surface area (Å²) in [6.45, 7) is 1.99. The number of hydrogen-bond acceptors (Lipinski definition) is 2. The van der Waals surface area contributed by atoms with Gasteiger partial charge in [-0.15, -0.1) is 0 Å². The molecule has 4 aromatic rings. The number of fused-ring (bicyclic) bond motifs is 1. The van der Waals surface area contributed by atoms with Gasteiger partial charge in [-0.3, -0.25) is 0 Å². The summed E-state index contributed by atoms with van der Waals surface area (Å²) in [5.41, 5.74) is 5.37. The topological polar surface area (TPSA) is 69.8 Å². The number of anilines is 2. The van der Waals surface area contributed by atoms with E-state index in [0.717, 1.165) is 33.7 Å². The van der Waals surface area contributed by atoms with Crippen molar-refractivity contribution in [3.8, 4) is 11.4 Å². The number of nitrogens with zero attached hydrogens (tertiary/aromatic N) is 1. The van der Waals surface area contributed by atoms with Gasteiger partial charge in [-0.05, 0) is 48.9 Å². The fourth-order valence-electron chi connectivity index (χ4n) is 2.85. The molecule has 5 heteroatoms. The molecule has 26 heavy (non-hydrogen) atoms. The van der Waals surface area contributed by atoms with E-state index in [1.807, 2.05) is 79.7 Å². The molecular formula is C21H18N4O. The van der Waals surface area contributed by atoms with Crippen LogP contribution in [0.15, 0.2) is 72.8 Å². The highest BCUT2D eigenvalue weighted by molar-refractivity contribution is 6.00. The third-order valence-corrected chi connectivity index (χ3v) is 4.06. The van der Waals surface area contributed by atoms with Crippen LogP contribution >= 0.6 is 0 Å². The molecule has 0 saturated carbocycles. The Bertz CT molecular complexity index is 1050. The number of imidazole rings is 1. The van der Waals surface area contributed by atoms with E-state index in [9.17, 15) is 4.79 Å². The molecule has 0 aliphatic heterocycles. The van der Waals surface area contributed by atoms with Crippen molar-refractivity contribution in [3.63, 3.8) is 0 Å². The van der Waals surface area contributed by atoms with Crippen LogP contribution in [-0.2, 0) is 0 Å². The molecular weight excluding hydrogens is 324 g/mol. The highest BCUT2D eigenvalue weighted by atomic mass is 16.2. The normalized spacial score (nSPS) is 10.7. The lowest BCUT2D eigenvalue weighted by Crippen LogP contribution is -2.19. The first-order valence-electron chi connectivity index (χ1n) is 8.37. The first kappa shape index (κ1) is 15.9. The van der Waals surface area contributed by atoms with Crippen LogP contribution < -0.4 is 10.6 Å². The van der Waals surface area contributed by atoms with Crippen molar-refractivity contribution in [1.29, 1.82) is 0 Å². The average molecular weight is 342 g/mol. The molecule has 5 nitrogen and oxygen atoms in total. The number of hydrogen-bond donors (Lipinski definition) is 3. The molecule has 1 aromatic heterocycles. The molecule has 0 bridgehead atoms. The molecule has 0 unspecified atom stereocenters. The quantitative estimate of drug-likeness (QED) is 0.480. The maximum absolute atomic E-state index is 12.2. The van der Waals surface area contributed by atoms with Gasteiger partial charge in [0.1, 0.15) is 5.82 Å². The molecule has 0 fully saturated rings. The lowest BCUT2D eigenvalue weighted by atomic mass is 10.2. The van der Waals surface area contributed by atoms with E-state index in [2.05, 4.69) is 20.6 Å². The van der Waals surface area contributed by atoms with Crippen molar-refractivity contribution >= 4 is 28.4 Å². The lowest BCUT2D eigenvalue weighted by Gasteiger charge is -2.09. The molecule has 0 atom stereocenters. The van der Waals surface area contributed by atoms with Crippen molar-refractivity contribution in [2.24, 2.45) is 0 Å². The summed E-state index contributed by atoms with van der Waals surface area (Å²) < 4.78 is 0. The van der Waals surface area contributed by atoms with E-state index in [0.29, 0.717) is 5.69 Å². The number of aromatic nitrogens is 2. The van der Waals surface area contributed by atoms with Crippen LogP contribution in [0.25, 0.3) is 22.4 Å². The number of benzene rings is 3. The van der Waals surface area contributed by atoms with Gasteiger partial charge < -0.3 is 15.6 Å². The van der Waals surface area contributed by atoms with Gasteiger partial charge in [-0.1, -0.05) is 36.4 Å². The molecule has 0 aliphatic rings. The summed E-state index contributed by atoms with van der Waals surface area (Å²) in [5.74, 6) is 0.772. The third-order valence-electron chi connectivity index (χ3n) is 4.06. The Morgan fingerprint density at radius 1 is 0.885 bits per heavy atom. The van der Waals surface area contributed by atoms with Gasteiger partial charge in [0.25, 0.3) is 0 Å². The minimum Gasteiger partial charge on any atom is -0.338 e. The number of urea groups is 1. The minimum absolute atomic E-state index is 0.280. The second-order valence-corrected chi connectivity index (χ2v) is 6.13. The summed E-state index contributed by atoms with van der Waals surface area (Å²) >= 11 is 0. The van der Waals surface area contributed by atoms with Crippen molar-refractivity contribution in [2.75, 3.05) is 10.6 Å². The van der Waals surface area contributed by atoms with Crippen LogP contribution in [0.2, 0.25) is 0 Å². The first-order valence-corrected chi connectivity index (χ1v) is 8.37. The molecule has 128 valence electrons. The van der Waals surface area contributed by atoms with Gasteiger partial charge >= 0.3 is 6.03 Å². The summed E-state index contributed by atoms with van der Waals surface area (Å²) in [4.78, 5) is 20.1. The Morgan fingerprint density at radius 2 is 1.62 bits per heavy atom. The molecule has 3 aromatic carbocycles. The van der Waals surface area contributed by atoms with Crippen LogP contribution in [0.4, 0.5) is 16.2 Å². The van der Waals surface area contributed by atoms with Gasteiger partial charge in [0.15, 0.2) is 0 Å². The minimum atomic E-state index is -0.280. The van der Waals surface area contributed by atoms with Crippen LogP contribution in [0.1, 0.15) is 5.56 Å². The molecule has 1 heterocycles. The zero-order chi connectivity index (χ0) is 17.9. The third kappa shape index (κ3) is 3.42. The van der Waals surface area contributed by atoms with E-state index in [1.54, 1.807) is 0 Å². The smallest absolute Gasteiger partial charge is 0.323 e. The van der Waals surface area contributed by atoms with E-state index in [1.165, 1.54) is 0 Å². The second-order valence-electron chi connectivity index (χ2n) is 6.13. The van der Waals surface area contributed by atoms with Gasteiger partial charge in [0, 0.05) is 16.9 Å². The number of nitrogens with one attached hydrogen (secondary N) is 3. The highest BCUT2D eigenvalue weighted by Crippen LogP contribution is 2.23. The van der Waals surface area contributed by atoms with Gasteiger partial charge in [-0.25, -0.2) is 9.78 Å². The summed E-state index contributed by atoms with van der Waals surface area (Å²) in [6, 6.07) is 22.9. The first-order chi connectivity index (χ1) is 12.7. The summed E-state index contributed by atoms with van der Waals surface area (Å²) in [5, 5.41) is 5.70. The Hall–Kier alpha value is -3.60. The number of aryl methyl sites for hydroxylation is 1. The van der Waals surface area contributed by atoms with E-state index < -0.39 is 0 Å². The zero-order valence-corrected chi connectivity index (χ0v) is 14.3. The summed E-state index contributed by atoms with van der Waals surface area (Å²) in [7, 11) is 0. The Balaban J connectivity index is 1.53. The fraction of sp³-hybridized carbons (Fsp3) is 0.0476. The van der Waals surface area contributed by atoms with Crippen LogP contribution in [0, 0.1) is 6.92 Å². The van der Waals surface area contributed by atoms with Gasteiger partial charge in [0.05, 0.1) is 11.0 Å². The average Bonchev–Trinajstić information content (AvgIpc) is 3.06. The highest BCUT2D eigenvalue weighted by Gasteiger charge is 2.07. The number of carbonyl (C=O) groups is 1. The number of aromatic amines is 1. The Morgan fingerprint density at radius 3 is 2.38 bits per heavy atom. The van der Waals surface area contributed by atoms with Crippen molar-refractivity contribution in [3.05, 3.63) is 78.4 Å². The van der Waals surface area contributed by atoms with E-state index >= 15 is 0 Å². The molecule has 3 N–H and O–H groups in total. The maximum Gasteiger partial charge on any atom is 0.323 e. The van der Waals surface area contributed by atoms with Crippen LogP contribution in [-0.4, -0.2) is 16.0 Å². The van der Waals surface area contributed by atoms with Crippen molar-refractivity contribution < 1.29 is 4.79 Å². The molecule has 2 amide bonds. The van der Waals surface area contributed by atoms with E-state index in [-0.39, 0.29) is 6.03 Å². The Labute approximate surface area is 151 Å². The standard InChI is InChI=1S/C21H18N4O/c1-14-6-4-8-16(12-14)22-21(26)23-17-9-5-7-15(13-17)20-24-18-10-2-3-11-19(18)25-20/h2-13H,1H3,(H,24,25)(H2,22,23,26). The molecule has 0 saturated heterocycles. The van der Waals surface area contributed by atoms with Gasteiger partial charge in [-0.2, -0.15) is 0 Å². The van der Waals surface area contributed by atoms with Crippen molar-refractivity contribution in [2.45, 2.75) is 6.92 Å². The SMILES string of the molecule is Cc1cccc(NC(=O)Nc2cccc(-c3nc4ccccc4[nH]3)c2)c1. The molecule has 0 spiro atoms. The number of para-hydroxylation sites is 2. The largest absolute Gasteiger partial charge is 0.338 e. The van der Waals surface area contributed by atoms with Crippen molar-refractivity contribution in [1.82, 2.24) is 9.97 Å². The number of rotatable bonds is 3. The predicted molar refractivity (Wildman–Crippen MR) is 105 cm³/mol. The lowest BCUT2D eigenvalue weighted by molar-refractivity contribution is 0.262. The predicted octanol–water partition coefficient (Wildman–Crippen LogP) is 5.18. The van der Waals surface area contributed by atoms with E-state index in [4.69, 9.17) is 0 Å². The monoisotopic (exact) mass is 342 g/mol. The Kier molecular flexibility index (Phi) is 4.11. The van der Waals surface area contributed by atoms with Crippen LogP contribution in [0.3, 0.4) is 0 Å². The maximum atomic E-state index is 12.2. The molecule has 0 aliphatic carbocycles. The molecule has 4 rings (SSSR count). The number of amides is 2.